The Kier molecular flexibility index (Phi) is 7.94. The van der Waals surface area contributed by atoms with E-state index in [0.717, 1.165) is 5.56 Å². The van der Waals surface area contributed by atoms with Crippen LogP contribution in [-0.2, 0) is 17.7 Å². The van der Waals surface area contributed by atoms with Crippen molar-refractivity contribution in [1.82, 2.24) is 15.0 Å². The second-order valence-electron chi connectivity index (χ2n) is 5.80. The highest BCUT2D eigenvalue weighted by molar-refractivity contribution is 7.45. The van der Waals surface area contributed by atoms with Gasteiger partial charge in [-0.05, 0) is 26.1 Å². The minimum absolute atomic E-state index is 0.190. The van der Waals surface area contributed by atoms with Gasteiger partial charge in [-0.2, -0.15) is 0 Å². The molecular formula is C18H25N4O4P. The highest BCUT2D eigenvalue weighted by Gasteiger charge is 2.19. The van der Waals surface area contributed by atoms with Crippen LogP contribution in [0.5, 0.6) is 11.5 Å². The number of amides is 1. The fourth-order valence-electron chi connectivity index (χ4n) is 2.18. The van der Waals surface area contributed by atoms with Gasteiger partial charge in [0.25, 0.3) is 0 Å². The van der Waals surface area contributed by atoms with E-state index in [1.807, 2.05) is 30.3 Å². The van der Waals surface area contributed by atoms with E-state index in [2.05, 4.69) is 10.1 Å². The van der Waals surface area contributed by atoms with Crippen molar-refractivity contribution in [1.29, 1.82) is 0 Å². The van der Waals surface area contributed by atoms with Crippen molar-refractivity contribution < 1.29 is 18.6 Å². The van der Waals surface area contributed by atoms with E-state index in [-0.39, 0.29) is 13.2 Å². The Hall–Kier alpha value is -2.25. The second kappa shape index (κ2) is 10.2. The smallest absolute Gasteiger partial charge is 0.414 e. The van der Waals surface area contributed by atoms with Gasteiger partial charge in [-0.3, -0.25) is 4.98 Å². The molecule has 0 aliphatic rings. The molecule has 1 unspecified atom stereocenters. The number of carbonyl (C=O) groups is 1. The lowest BCUT2D eigenvalue weighted by Crippen LogP contribution is -2.26. The number of para-hydroxylation sites is 1. The highest BCUT2D eigenvalue weighted by Crippen LogP contribution is 2.36. The van der Waals surface area contributed by atoms with E-state index < -0.39 is 14.6 Å². The van der Waals surface area contributed by atoms with Gasteiger partial charge < -0.3 is 24.4 Å². The molecule has 1 heterocycles. The highest BCUT2D eigenvalue weighted by atomic mass is 31.2. The number of nitrogens with one attached hydrogen (secondary N) is 1. The molecule has 0 fully saturated rings. The normalized spacial score (nSPS) is 11.7. The summed E-state index contributed by atoms with van der Waals surface area (Å²) < 4.78 is 17.1. The predicted octanol–water partition coefficient (Wildman–Crippen LogP) is 2.95. The van der Waals surface area contributed by atoms with Crippen molar-refractivity contribution in [3.8, 4) is 11.5 Å². The molecule has 1 aromatic carbocycles. The molecular weight excluding hydrogens is 367 g/mol. The molecule has 1 amide bonds. The first-order valence-corrected chi connectivity index (χ1v) is 9.54. The van der Waals surface area contributed by atoms with Gasteiger partial charge >= 0.3 is 14.6 Å². The zero-order chi connectivity index (χ0) is 19.8. The zero-order valence-corrected chi connectivity index (χ0v) is 16.8. The molecule has 9 heteroatoms. The van der Waals surface area contributed by atoms with Crippen LogP contribution in [-0.4, -0.2) is 37.1 Å². The minimum atomic E-state index is -1.35. The van der Waals surface area contributed by atoms with E-state index in [1.165, 1.54) is 4.90 Å². The van der Waals surface area contributed by atoms with Crippen LogP contribution in [0.25, 0.3) is 0 Å². The molecule has 2 aromatic rings. The number of pyridine rings is 1. The average Bonchev–Trinajstić information content (AvgIpc) is 2.67. The Morgan fingerprint density at radius 2 is 2.00 bits per heavy atom. The number of hydrogen-bond donors (Lipinski definition) is 2. The number of rotatable bonds is 8. The standard InChI is InChI=1S/C18H25N4O4P/c1-13-17(25-18(23)22(3)4)16(10-19)14(11-21-13)12-24-27(20-2)26-15-8-6-5-7-9-15/h5-9,11,20H,10,12,19H2,1-4H3. The Morgan fingerprint density at radius 3 is 2.59 bits per heavy atom. The van der Waals surface area contributed by atoms with Crippen molar-refractivity contribution in [2.24, 2.45) is 5.73 Å². The molecule has 146 valence electrons. The third-order valence-corrected chi connectivity index (χ3v) is 4.72. The Balaban J connectivity index is 2.14. The molecule has 1 atom stereocenters. The number of aromatic nitrogens is 1. The first-order valence-electron chi connectivity index (χ1n) is 8.36. The quantitative estimate of drug-likeness (QED) is 0.667. The number of benzene rings is 1. The maximum atomic E-state index is 11.9. The van der Waals surface area contributed by atoms with E-state index in [9.17, 15) is 4.79 Å². The van der Waals surface area contributed by atoms with Gasteiger partial charge in [0.2, 0.25) is 0 Å². The number of ether oxygens (including phenoxy) is 1. The van der Waals surface area contributed by atoms with Gasteiger partial charge in [0.05, 0.1) is 12.3 Å². The maximum Gasteiger partial charge on any atom is 0.414 e. The van der Waals surface area contributed by atoms with Crippen molar-refractivity contribution in [2.45, 2.75) is 20.1 Å². The van der Waals surface area contributed by atoms with Crippen molar-refractivity contribution >= 4 is 14.6 Å². The molecule has 1 aromatic heterocycles. The van der Waals surface area contributed by atoms with Gasteiger partial charge in [0.1, 0.15) is 5.75 Å². The van der Waals surface area contributed by atoms with Gasteiger partial charge in [-0.25, -0.2) is 9.88 Å². The van der Waals surface area contributed by atoms with Gasteiger partial charge in [0.15, 0.2) is 5.75 Å². The lowest BCUT2D eigenvalue weighted by molar-refractivity contribution is 0.170. The monoisotopic (exact) mass is 392 g/mol. The molecule has 0 aliphatic carbocycles. The molecule has 2 rings (SSSR count). The summed E-state index contributed by atoms with van der Waals surface area (Å²) in [7, 11) is 3.63. The van der Waals surface area contributed by atoms with Crippen LogP contribution in [0.4, 0.5) is 4.79 Å². The number of carbonyl (C=O) groups excluding carboxylic acids is 1. The third kappa shape index (κ3) is 5.87. The number of aryl methyl sites for hydroxylation is 1. The minimum Gasteiger partial charge on any atom is -0.436 e. The van der Waals surface area contributed by atoms with Crippen LogP contribution < -0.4 is 20.1 Å². The summed E-state index contributed by atoms with van der Waals surface area (Å²) in [5, 5.41) is 3.01. The number of nitrogens with two attached hydrogens (primary N) is 1. The van der Waals surface area contributed by atoms with Crippen LogP contribution in [0.1, 0.15) is 16.8 Å². The van der Waals surface area contributed by atoms with E-state index in [4.69, 9.17) is 19.5 Å². The third-order valence-electron chi connectivity index (χ3n) is 3.61. The van der Waals surface area contributed by atoms with Crippen LogP contribution in [0, 0.1) is 6.92 Å². The van der Waals surface area contributed by atoms with Crippen molar-refractivity contribution in [2.75, 3.05) is 21.1 Å². The van der Waals surface area contributed by atoms with Crippen LogP contribution >= 0.6 is 8.53 Å². The van der Waals surface area contributed by atoms with Crippen molar-refractivity contribution in [3.05, 3.63) is 53.3 Å². The fourth-order valence-corrected chi connectivity index (χ4v) is 3.02. The molecule has 0 spiro atoms. The second-order valence-corrected chi connectivity index (χ2v) is 7.20. The largest absolute Gasteiger partial charge is 0.436 e. The Morgan fingerprint density at radius 1 is 1.30 bits per heavy atom. The maximum absolute atomic E-state index is 11.9. The summed E-state index contributed by atoms with van der Waals surface area (Å²) in [6.07, 6.45) is 1.19. The summed E-state index contributed by atoms with van der Waals surface area (Å²) in [5.74, 6) is 1.08. The predicted molar refractivity (Wildman–Crippen MR) is 104 cm³/mol. The van der Waals surface area contributed by atoms with E-state index >= 15 is 0 Å². The topological polar surface area (TPSA) is 98.9 Å². The first kappa shape index (κ1) is 21.1. The lowest BCUT2D eigenvalue weighted by atomic mass is 10.1. The summed E-state index contributed by atoms with van der Waals surface area (Å²) in [6.45, 7) is 2.17. The van der Waals surface area contributed by atoms with E-state index in [1.54, 1.807) is 34.3 Å². The lowest BCUT2D eigenvalue weighted by Gasteiger charge is -2.19. The average molecular weight is 392 g/mol. The molecule has 8 nitrogen and oxygen atoms in total. The fraction of sp³-hybridized carbons (Fsp3) is 0.333. The zero-order valence-electron chi connectivity index (χ0n) is 15.9. The van der Waals surface area contributed by atoms with Crippen LogP contribution in [0.2, 0.25) is 0 Å². The van der Waals surface area contributed by atoms with Crippen molar-refractivity contribution in [3.63, 3.8) is 0 Å². The number of nitrogens with zero attached hydrogens (tertiary/aromatic N) is 2. The molecule has 0 saturated carbocycles. The molecule has 0 aliphatic heterocycles. The molecule has 0 bridgehead atoms. The van der Waals surface area contributed by atoms with Crippen LogP contribution in [0.3, 0.4) is 0 Å². The molecule has 0 saturated heterocycles. The molecule has 3 N–H and O–H groups in total. The van der Waals surface area contributed by atoms with Gasteiger partial charge in [0, 0.05) is 38.0 Å². The summed E-state index contributed by atoms with van der Waals surface area (Å²) >= 11 is 0. The Labute approximate surface area is 160 Å². The summed E-state index contributed by atoms with van der Waals surface area (Å²) in [6, 6.07) is 9.40. The molecule has 27 heavy (non-hydrogen) atoms. The van der Waals surface area contributed by atoms with Crippen LogP contribution in [0.15, 0.2) is 36.5 Å². The molecule has 0 radical (unpaired) electrons. The van der Waals surface area contributed by atoms with E-state index in [0.29, 0.717) is 22.8 Å². The summed E-state index contributed by atoms with van der Waals surface area (Å²) in [5.41, 5.74) is 7.92. The van der Waals surface area contributed by atoms with Gasteiger partial charge in [-0.15, -0.1) is 0 Å². The summed E-state index contributed by atoms with van der Waals surface area (Å²) in [4.78, 5) is 17.6. The number of hydrogen-bond acceptors (Lipinski definition) is 7. The first-order chi connectivity index (χ1) is 13.0. The van der Waals surface area contributed by atoms with Gasteiger partial charge in [-0.1, -0.05) is 18.2 Å². The SMILES string of the molecule is CNP(OCc1cnc(C)c(OC(=O)N(C)C)c1CN)Oc1ccccc1. The Bertz CT molecular complexity index is 759.